The van der Waals surface area contributed by atoms with Crippen molar-refractivity contribution >= 4 is 0 Å². The Hall–Kier alpha value is -0.340. The molecule has 0 fully saturated rings. The minimum absolute atomic E-state index is 0.232. The zero-order valence-electron chi connectivity index (χ0n) is 10.1. The molecule has 14 heavy (non-hydrogen) atoms. The highest BCUT2D eigenvalue weighted by Crippen LogP contribution is 2.15. The molecular weight excluding hydrogens is 172 g/mol. The van der Waals surface area contributed by atoms with Gasteiger partial charge < -0.3 is 10.6 Å². The fraction of sp³-hybridized carbons (Fsp3) is 0.833. The predicted molar refractivity (Wildman–Crippen MR) is 64.4 cm³/mol. The van der Waals surface area contributed by atoms with Gasteiger partial charge >= 0.3 is 0 Å². The number of nitrogens with zero attached hydrogens (tertiary/aromatic N) is 1. The van der Waals surface area contributed by atoms with Gasteiger partial charge in [-0.15, -0.1) is 6.58 Å². The fourth-order valence-electron chi connectivity index (χ4n) is 1.53. The van der Waals surface area contributed by atoms with Crippen molar-refractivity contribution < 1.29 is 0 Å². The molecule has 0 saturated heterocycles. The molecule has 0 amide bonds. The Bertz CT molecular complexity index is 152. The van der Waals surface area contributed by atoms with Gasteiger partial charge in [-0.3, -0.25) is 0 Å². The van der Waals surface area contributed by atoms with Crippen LogP contribution in [0.5, 0.6) is 0 Å². The van der Waals surface area contributed by atoms with Gasteiger partial charge in [-0.05, 0) is 31.3 Å². The lowest BCUT2D eigenvalue weighted by Gasteiger charge is -2.31. The lowest BCUT2D eigenvalue weighted by molar-refractivity contribution is 0.185. The van der Waals surface area contributed by atoms with Crippen LogP contribution >= 0.6 is 0 Å². The molecule has 2 N–H and O–H groups in total. The van der Waals surface area contributed by atoms with Crippen LogP contribution in [0.2, 0.25) is 0 Å². The van der Waals surface area contributed by atoms with Crippen LogP contribution < -0.4 is 5.73 Å². The second kappa shape index (κ2) is 7.02. The van der Waals surface area contributed by atoms with Crippen molar-refractivity contribution in [2.45, 2.75) is 33.6 Å². The minimum atomic E-state index is 0.232. The van der Waals surface area contributed by atoms with Crippen molar-refractivity contribution in [3.63, 3.8) is 0 Å². The van der Waals surface area contributed by atoms with E-state index < -0.39 is 0 Å². The van der Waals surface area contributed by atoms with Crippen molar-refractivity contribution in [1.82, 2.24) is 4.90 Å². The summed E-state index contributed by atoms with van der Waals surface area (Å²) < 4.78 is 0. The molecule has 0 aromatic rings. The van der Waals surface area contributed by atoms with E-state index in [2.05, 4.69) is 32.3 Å². The molecule has 0 bridgehead atoms. The third kappa shape index (κ3) is 6.17. The molecule has 0 aliphatic rings. The molecule has 0 spiro atoms. The van der Waals surface area contributed by atoms with Gasteiger partial charge in [0, 0.05) is 13.1 Å². The first-order chi connectivity index (χ1) is 6.55. The zero-order valence-corrected chi connectivity index (χ0v) is 10.1. The van der Waals surface area contributed by atoms with E-state index in [-0.39, 0.29) is 5.41 Å². The quantitative estimate of drug-likeness (QED) is 0.606. The van der Waals surface area contributed by atoms with Crippen LogP contribution in [0.4, 0.5) is 0 Å². The maximum absolute atomic E-state index is 5.73. The lowest BCUT2D eigenvalue weighted by atomic mass is 9.93. The standard InChI is InChI=1S/C12H26N2/c1-5-7-9-14(8-6-2)11-12(3,4)10-13/h5H,1,6-11,13H2,2-4H3. The number of rotatable bonds is 8. The molecule has 0 saturated carbocycles. The van der Waals surface area contributed by atoms with Gasteiger partial charge in [0.1, 0.15) is 0 Å². The molecule has 0 aromatic carbocycles. The van der Waals surface area contributed by atoms with Gasteiger partial charge in [-0.2, -0.15) is 0 Å². The summed E-state index contributed by atoms with van der Waals surface area (Å²) in [5, 5.41) is 0. The Kier molecular flexibility index (Phi) is 6.85. The highest BCUT2D eigenvalue weighted by molar-refractivity contribution is 4.77. The molecule has 84 valence electrons. The van der Waals surface area contributed by atoms with E-state index in [1.54, 1.807) is 0 Å². The van der Waals surface area contributed by atoms with Crippen molar-refractivity contribution in [3.8, 4) is 0 Å². The molecule has 0 radical (unpaired) electrons. The Labute approximate surface area is 89.2 Å². The first kappa shape index (κ1) is 13.7. The molecule has 0 atom stereocenters. The monoisotopic (exact) mass is 198 g/mol. The first-order valence-corrected chi connectivity index (χ1v) is 5.59. The smallest absolute Gasteiger partial charge is 0.00449 e. The van der Waals surface area contributed by atoms with E-state index in [0.29, 0.717) is 0 Å². The fourth-order valence-corrected chi connectivity index (χ4v) is 1.53. The molecule has 0 rings (SSSR count). The highest BCUT2D eigenvalue weighted by atomic mass is 15.1. The molecule has 0 aliphatic carbocycles. The minimum Gasteiger partial charge on any atom is -0.330 e. The van der Waals surface area contributed by atoms with Crippen LogP contribution in [0.1, 0.15) is 33.6 Å². The second-order valence-electron chi connectivity index (χ2n) is 4.72. The van der Waals surface area contributed by atoms with E-state index in [1.807, 2.05) is 6.08 Å². The molecule has 0 unspecified atom stereocenters. The number of hydrogen-bond acceptors (Lipinski definition) is 2. The van der Waals surface area contributed by atoms with Gasteiger partial charge in [0.2, 0.25) is 0 Å². The summed E-state index contributed by atoms with van der Waals surface area (Å²) in [7, 11) is 0. The first-order valence-electron chi connectivity index (χ1n) is 5.59. The second-order valence-corrected chi connectivity index (χ2v) is 4.72. The summed E-state index contributed by atoms with van der Waals surface area (Å²) in [5.74, 6) is 0. The van der Waals surface area contributed by atoms with Crippen molar-refractivity contribution in [1.29, 1.82) is 0 Å². The van der Waals surface area contributed by atoms with Gasteiger partial charge in [-0.1, -0.05) is 26.8 Å². The third-order valence-corrected chi connectivity index (χ3v) is 2.39. The summed E-state index contributed by atoms with van der Waals surface area (Å²) >= 11 is 0. The summed E-state index contributed by atoms with van der Waals surface area (Å²) in [5.41, 5.74) is 5.97. The Morgan fingerprint density at radius 1 is 1.36 bits per heavy atom. The van der Waals surface area contributed by atoms with Gasteiger partial charge in [0.15, 0.2) is 0 Å². The van der Waals surface area contributed by atoms with Crippen LogP contribution in [0.25, 0.3) is 0 Å². The van der Waals surface area contributed by atoms with Gasteiger partial charge in [0.25, 0.3) is 0 Å². The van der Waals surface area contributed by atoms with E-state index >= 15 is 0 Å². The van der Waals surface area contributed by atoms with Crippen LogP contribution in [0.15, 0.2) is 12.7 Å². The summed E-state index contributed by atoms with van der Waals surface area (Å²) in [4.78, 5) is 2.48. The Morgan fingerprint density at radius 3 is 2.43 bits per heavy atom. The summed E-state index contributed by atoms with van der Waals surface area (Å²) in [6.07, 6.45) is 4.26. The maximum Gasteiger partial charge on any atom is 0.00449 e. The van der Waals surface area contributed by atoms with Crippen molar-refractivity contribution in [2.24, 2.45) is 11.1 Å². The average molecular weight is 198 g/mol. The van der Waals surface area contributed by atoms with Crippen LogP contribution in [-0.2, 0) is 0 Å². The van der Waals surface area contributed by atoms with Crippen molar-refractivity contribution in [3.05, 3.63) is 12.7 Å². The molecule has 0 aliphatic heterocycles. The van der Waals surface area contributed by atoms with Gasteiger partial charge in [-0.25, -0.2) is 0 Å². The largest absolute Gasteiger partial charge is 0.330 e. The van der Waals surface area contributed by atoms with Gasteiger partial charge in [0.05, 0.1) is 0 Å². The molecule has 2 nitrogen and oxygen atoms in total. The summed E-state index contributed by atoms with van der Waals surface area (Å²) in [6, 6.07) is 0. The van der Waals surface area contributed by atoms with Crippen LogP contribution in [0.3, 0.4) is 0 Å². The summed E-state index contributed by atoms with van der Waals surface area (Å²) in [6.45, 7) is 14.5. The maximum atomic E-state index is 5.73. The Balaban J connectivity index is 4.00. The van der Waals surface area contributed by atoms with Crippen LogP contribution in [0, 0.1) is 5.41 Å². The van der Waals surface area contributed by atoms with E-state index in [9.17, 15) is 0 Å². The van der Waals surface area contributed by atoms with E-state index in [4.69, 9.17) is 5.73 Å². The van der Waals surface area contributed by atoms with E-state index in [0.717, 1.165) is 32.6 Å². The molecule has 2 heteroatoms. The highest BCUT2D eigenvalue weighted by Gasteiger charge is 2.18. The van der Waals surface area contributed by atoms with Crippen molar-refractivity contribution in [2.75, 3.05) is 26.2 Å². The molecule has 0 aromatic heterocycles. The molecular formula is C12H26N2. The normalized spacial score (nSPS) is 12.1. The third-order valence-electron chi connectivity index (χ3n) is 2.39. The predicted octanol–water partition coefficient (Wildman–Crippen LogP) is 2.26. The average Bonchev–Trinajstić information content (AvgIpc) is 2.14. The topological polar surface area (TPSA) is 29.3 Å². The Morgan fingerprint density at radius 2 is 2.00 bits per heavy atom. The number of nitrogens with two attached hydrogens (primary N) is 1. The zero-order chi connectivity index (χ0) is 11.0. The number of hydrogen-bond donors (Lipinski definition) is 1. The van der Waals surface area contributed by atoms with Crippen LogP contribution in [-0.4, -0.2) is 31.1 Å². The van der Waals surface area contributed by atoms with E-state index in [1.165, 1.54) is 6.42 Å². The lowest BCUT2D eigenvalue weighted by Crippen LogP contribution is -2.39. The SMILES string of the molecule is C=CCCN(CCC)CC(C)(C)CN. The molecule has 0 heterocycles.